The van der Waals surface area contributed by atoms with E-state index in [4.69, 9.17) is 4.52 Å². The molecule has 3 rings (SSSR count). The van der Waals surface area contributed by atoms with E-state index in [0.717, 1.165) is 18.0 Å². The minimum absolute atomic E-state index is 0.683. The Morgan fingerprint density at radius 3 is 2.93 bits per heavy atom. The van der Waals surface area contributed by atoms with Gasteiger partial charge in [0.15, 0.2) is 0 Å². The number of hydrogen-bond donors (Lipinski definition) is 0. The molecule has 0 amide bonds. The minimum Gasteiger partial charge on any atom is -0.361 e. The van der Waals surface area contributed by atoms with Crippen LogP contribution in [-0.4, -0.2) is 34.7 Å². The van der Waals surface area contributed by atoms with Crippen LogP contribution in [0.2, 0.25) is 0 Å². The molecule has 82 valence electrons. The summed E-state index contributed by atoms with van der Waals surface area (Å²) in [5.74, 6) is 4.31. The molecule has 0 atom stereocenters. The molecule has 15 heavy (non-hydrogen) atoms. The van der Waals surface area contributed by atoms with Crippen molar-refractivity contribution < 1.29 is 4.52 Å². The lowest BCUT2D eigenvalue weighted by molar-refractivity contribution is 0.281. The first kappa shape index (κ1) is 9.73. The van der Waals surface area contributed by atoms with Crippen LogP contribution in [0, 0.1) is 0 Å². The highest BCUT2D eigenvalue weighted by atomic mass is 32.2. The molecule has 0 bridgehead atoms. The van der Waals surface area contributed by atoms with E-state index in [1.165, 1.54) is 37.4 Å². The van der Waals surface area contributed by atoms with Crippen LogP contribution >= 0.6 is 11.8 Å². The molecule has 2 fully saturated rings. The highest BCUT2D eigenvalue weighted by molar-refractivity contribution is 7.99. The van der Waals surface area contributed by atoms with Crippen LogP contribution in [0.3, 0.4) is 0 Å². The van der Waals surface area contributed by atoms with Crippen molar-refractivity contribution in [1.29, 1.82) is 0 Å². The molecule has 0 spiro atoms. The summed E-state index contributed by atoms with van der Waals surface area (Å²) in [6.07, 6.45) is 2.57. The average Bonchev–Trinajstić information content (AvgIpc) is 3.02. The zero-order valence-corrected chi connectivity index (χ0v) is 9.63. The summed E-state index contributed by atoms with van der Waals surface area (Å²) < 4.78 is 5.35. The van der Waals surface area contributed by atoms with Gasteiger partial charge in [-0.1, -0.05) is 5.16 Å². The molecule has 0 aromatic carbocycles. The maximum Gasteiger partial charge on any atom is 0.140 e. The first-order chi connectivity index (χ1) is 7.42. The van der Waals surface area contributed by atoms with E-state index < -0.39 is 0 Å². The first-order valence-electron chi connectivity index (χ1n) is 5.67. The third kappa shape index (κ3) is 2.37. The van der Waals surface area contributed by atoms with Gasteiger partial charge in [-0.25, -0.2) is 0 Å². The zero-order valence-electron chi connectivity index (χ0n) is 8.82. The minimum atomic E-state index is 0.683. The fourth-order valence-corrected chi connectivity index (χ4v) is 2.93. The van der Waals surface area contributed by atoms with E-state index >= 15 is 0 Å². The Kier molecular flexibility index (Phi) is 2.71. The number of thioether (sulfide) groups is 1. The van der Waals surface area contributed by atoms with Crippen LogP contribution in [0.1, 0.15) is 30.2 Å². The second-order valence-corrected chi connectivity index (χ2v) is 5.61. The van der Waals surface area contributed by atoms with Crippen molar-refractivity contribution in [3.8, 4) is 0 Å². The summed E-state index contributed by atoms with van der Waals surface area (Å²) in [7, 11) is 0. The molecule has 3 nitrogen and oxygen atoms in total. The van der Waals surface area contributed by atoms with E-state index in [2.05, 4.69) is 16.1 Å². The van der Waals surface area contributed by atoms with Crippen LogP contribution in [0.15, 0.2) is 10.6 Å². The normalized spacial score (nSPS) is 23.2. The number of hydrogen-bond acceptors (Lipinski definition) is 4. The van der Waals surface area contributed by atoms with E-state index in [9.17, 15) is 0 Å². The van der Waals surface area contributed by atoms with Gasteiger partial charge >= 0.3 is 0 Å². The molecule has 1 saturated heterocycles. The fraction of sp³-hybridized carbons (Fsp3) is 0.727. The second-order valence-electron chi connectivity index (χ2n) is 4.38. The maximum atomic E-state index is 5.35. The van der Waals surface area contributed by atoms with Crippen LogP contribution in [0.25, 0.3) is 0 Å². The lowest BCUT2D eigenvalue weighted by atomic mass is 10.3. The molecule has 1 saturated carbocycles. The van der Waals surface area contributed by atoms with Crippen molar-refractivity contribution in [2.75, 3.05) is 24.6 Å². The third-order valence-corrected chi connectivity index (χ3v) is 3.99. The summed E-state index contributed by atoms with van der Waals surface area (Å²) in [6, 6.07) is 2.15. The van der Waals surface area contributed by atoms with E-state index in [1.807, 2.05) is 11.8 Å². The van der Waals surface area contributed by atoms with Gasteiger partial charge in [0.1, 0.15) is 5.76 Å². The molecule has 1 aromatic heterocycles. The monoisotopic (exact) mass is 224 g/mol. The summed E-state index contributed by atoms with van der Waals surface area (Å²) in [5, 5.41) is 4.15. The van der Waals surface area contributed by atoms with Gasteiger partial charge in [-0.15, -0.1) is 0 Å². The Morgan fingerprint density at radius 2 is 2.20 bits per heavy atom. The molecular formula is C11H16N2OS. The van der Waals surface area contributed by atoms with Crippen molar-refractivity contribution in [3.05, 3.63) is 17.5 Å². The van der Waals surface area contributed by atoms with Crippen LogP contribution < -0.4 is 0 Å². The molecule has 1 aromatic rings. The van der Waals surface area contributed by atoms with Gasteiger partial charge in [0.25, 0.3) is 0 Å². The smallest absolute Gasteiger partial charge is 0.140 e. The molecule has 2 heterocycles. The number of aromatic nitrogens is 1. The van der Waals surface area contributed by atoms with E-state index in [-0.39, 0.29) is 0 Å². The molecule has 2 aliphatic rings. The molecule has 0 N–H and O–H groups in total. The second kappa shape index (κ2) is 4.18. The molecule has 0 unspecified atom stereocenters. The summed E-state index contributed by atoms with van der Waals surface area (Å²) >= 11 is 2.04. The number of rotatable bonds is 3. The van der Waals surface area contributed by atoms with Gasteiger partial charge in [0, 0.05) is 43.1 Å². The van der Waals surface area contributed by atoms with Crippen molar-refractivity contribution in [2.24, 2.45) is 0 Å². The number of nitrogens with zero attached hydrogens (tertiary/aromatic N) is 2. The maximum absolute atomic E-state index is 5.35. The highest BCUT2D eigenvalue weighted by Crippen LogP contribution is 2.40. The van der Waals surface area contributed by atoms with Crippen LogP contribution in [0.5, 0.6) is 0 Å². The largest absolute Gasteiger partial charge is 0.361 e. The SMILES string of the molecule is c1c(CN2CCSCC2)noc1C1CC1. The van der Waals surface area contributed by atoms with Crippen molar-refractivity contribution in [1.82, 2.24) is 10.1 Å². The van der Waals surface area contributed by atoms with E-state index in [0.29, 0.717) is 5.92 Å². The van der Waals surface area contributed by atoms with Gasteiger partial charge in [-0.05, 0) is 12.8 Å². The van der Waals surface area contributed by atoms with Crippen LogP contribution in [-0.2, 0) is 6.54 Å². The molecule has 0 radical (unpaired) electrons. The average molecular weight is 224 g/mol. The molecular weight excluding hydrogens is 208 g/mol. The Morgan fingerprint density at radius 1 is 1.40 bits per heavy atom. The lowest BCUT2D eigenvalue weighted by Crippen LogP contribution is -2.32. The predicted octanol–water partition coefficient (Wildman–Crippen LogP) is 2.10. The molecule has 1 aliphatic carbocycles. The Hall–Kier alpha value is -0.480. The first-order valence-corrected chi connectivity index (χ1v) is 6.83. The quantitative estimate of drug-likeness (QED) is 0.786. The Bertz CT molecular complexity index is 329. The third-order valence-electron chi connectivity index (χ3n) is 3.05. The van der Waals surface area contributed by atoms with Gasteiger partial charge < -0.3 is 4.52 Å². The van der Waals surface area contributed by atoms with E-state index in [1.54, 1.807) is 0 Å². The van der Waals surface area contributed by atoms with Gasteiger partial charge in [-0.3, -0.25) is 4.90 Å². The summed E-state index contributed by atoms with van der Waals surface area (Å²) in [6.45, 7) is 3.35. The summed E-state index contributed by atoms with van der Waals surface area (Å²) in [4.78, 5) is 2.46. The van der Waals surface area contributed by atoms with Crippen molar-refractivity contribution in [2.45, 2.75) is 25.3 Å². The topological polar surface area (TPSA) is 29.3 Å². The fourth-order valence-electron chi connectivity index (χ4n) is 1.95. The summed E-state index contributed by atoms with van der Waals surface area (Å²) in [5.41, 5.74) is 1.11. The van der Waals surface area contributed by atoms with Crippen molar-refractivity contribution >= 4 is 11.8 Å². The van der Waals surface area contributed by atoms with Crippen LogP contribution in [0.4, 0.5) is 0 Å². The standard InChI is InChI=1S/C11H16N2OS/c1-2-9(1)11-7-10(12-14-11)8-13-3-5-15-6-4-13/h7,9H,1-6,8H2. The van der Waals surface area contributed by atoms with Gasteiger partial charge in [0.2, 0.25) is 0 Å². The molecule has 4 heteroatoms. The van der Waals surface area contributed by atoms with Gasteiger partial charge in [0.05, 0.1) is 5.69 Å². The highest BCUT2D eigenvalue weighted by Gasteiger charge is 2.28. The Balaban J connectivity index is 1.60. The zero-order chi connectivity index (χ0) is 10.1. The van der Waals surface area contributed by atoms with Crippen molar-refractivity contribution in [3.63, 3.8) is 0 Å². The van der Waals surface area contributed by atoms with Gasteiger partial charge in [-0.2, -0.15) is 11.8 Å². The predicted molar refractivity (Wildman–Crippen MR) is 61.1 cm³/mol. The Labute approximate surface area is 94.2 Å². The lowest BCUT2D eigenvalue weighted by Gasteiger charge is -2.24. The molecule has 1 aliphatic heterocycles.